The van der Waals surface area contributed by atoms with E-state index in [1.807, 2.05) is 0 Å². The normalized spacial score (nSPS) is 26.1. The van der Waals surface area contributed by atoms with Crippen molar-refractivity contribution in [2.45, 2.75) is 31.7 Å². The number of ether oxygens (including phenoxy) is 1. The van der Waals surface area contributed by atoms with Crippen molar-refractivity contribution < 1.29 is 4.74 Å². The Balaban J connectivity index is 1.43. The molecule has 3 aliphatic rings. The molecule has 1 aromatic heterocycles. The number of anilines is 1. The number of likely N-dealkylation sites (tertiary alicyclic amines) is 1. The highest BCUT2D eigenvalue weighted by Gasteiger charge is 2.46. The van der Waals surface area contributed by atoms with Gasteiger partial charge in [-0.25, -0.2) is 4.98 Å². The molecular weight excluding hydrogens is 360 g/mol. The Morgan fingerprint density at radius 3 is 2.66 bits per heavy atom. The van der Waals surface area contributed by atoms with Crippen LogP contribution in [0, 0.1) is 23.2 Å². The van der Waals surface area contributed by atoms with E-state index in [4.69, 9.17) is 9.72 Å². The molecule has 2 fully saturated rings. The third-order valence-electron chi connectivity index (χ3n) is 7.05. The van der Waals surface area contributed by atoms with Crippen molar-refractivity contribution >= 4 is 5.82 Å². The molecule has 0 radical (unpaired) electrons. The average molecular weight is 389 g/mol. The second-order valence-electron chi connectivity index (χ2n) is 8.77. The van der Waals surface area contributed by atoms with Gasteiger partial charge in [-0.2, -0.15) is 5.26 Å². The number of hydrogen-bond donors (Lipinski definition) is 0. The third kappa shape index (κ3) is 3.16. The summed E-state index contributed by atoms with van der Waals surface area (Å²) in [7, 11) is 3.94. The van der Waals surface area contributed by atoms with Gasteiger partial charge in [-0.3, -0.25) is 4.90 Å². The summed E-state index contributed by atoms with van der Waals surface area (Å²) in [6, 6.07) is 13.4. The maximum Gasteiger partial charge on any atom is 0.146 e. The Kier molecular flexibility index (Phi) is 4.67. The number of pyridine rings is 1. The second-order valence-corrected chi connectivity index (χ2v) is 8.77. The molecule has 5 heteroatoms. The minimum atomic E-state index is 0.402. The van der Waals surface area contributed by atoms with Crippen LogP contribution in [0.5, 0.6) is 5.75 Å². The van der Waals surface area contributed by atoms with Gasteiger partial charge in [-0.15, -0.1) is 0 Å². The molecule has 0 bridgehead atoms. The van der Waals surface area contributed by atoms with Crippen LogP contribution in [0.4, 0.5) is 5.82 Å². The molecule has 0 amide bonds. The van der Waals surface area contributed by atoms with E-state index in [2.05, 4.69) is 53.2 Å². The summed E-state index contributed by atoms with van der Waals surface area (Å²) >= 11 is 0. The molecule has 2 saturated heterocycles. The molecule has 0 N–H and O–H groups in total. The van der Waals surface area contributed by atoms with Crippen LogP contribution in [0.15, 0.2) is 30.3 Å². The van der Waals surface area contributed by atoms with Gasteiger partial charge in [0.05, 0.1) is 12.7 Å². The third-order valence-corrected chi connectivity index (χ3v) is 7.05. The molecular formula is C24H28N4O. The predicted molar refractivity (Wildman–Crippen MR) is 113 cm³/mol. The number of fused-ring (bicyclic) bond motifs is 2. The van der Waals surface area contributed by atoms with E-state index in [-0.39, 0.29) is 0 Å². The monoisotopic (exact) mass is 388 g/mol. The lowest BCUT2D eigenvalue weighted by atomic mass is 9.89. The zero-order chi connectivity index (χ0) is 20.0. The lowest BCUT2D eigenvalue weighted by Gasteiger charge is -2.28. The number of nitriles is 1. The van der Waals surface area contributed by atoms with Gasteiger partial charge in [0.25, 0.3) is 0 Å². The molecule has 29 heavy (non-hydrogen) atoms. The van der Waals surface area contributed by atoms with Gasteiger partial charge >= 0.3 is 0 Å². The van der Waals surface area contributed by atoms with E-state index >= 15 is 0 Å². The fourth-order valence-electron chi connectivity index (χ4n) is 5.68. The first-order valence-electron chi connectivity index (χ1n) is 10.7. The summed E-state index contributed by atoms with van der Waals surface area (Å²) in [6.07, 6.45) is 4.53. The van der Waals surface area contributed by atoms with Crippen molar-refractivity contribution in [3.05, 3.63) is 52.7 Å². The van der Waals surface area contributed by atoms with Gasteiger partial charge < -0.3 is 9.64 Å². The molecule has 1 aromatic carbocycles. The van der Waals surface area contributed by atoms with Crippen LogP contribution in [-0.2, 0) is 12.8 Å². The smallest absolute Gasteiger partial charge is 0.146 e. The zero-order valence-corrected chi connectivity index (χ0v) is 17.3. The molecule has 0 saturated carbocycles. The first kappa shape index (κ1) is 18.4. The molecule has 3 atom stereocenters. The van der Waals surface area contributed by atoms with Crippen LogP contribution >= 0.6 is 0 Å². The summed E-state index contributed by atoms with van der Waals surface area (Å²) < 4.78 is 5.33. The summed E-state index contributed by atoms with van der Waals surface area (Å²) in [4.78, 5) is 9.87. The summed E-state index contributed by atoms with van der Waals surface area (Å²) in [6.45, 7) is 3.04. The van der Waals surface area contributed by atoms with Gasteiger partial charge in [-0.1, -0.05) is 12.1 Å². The maximum absolute atomic E-state index is 9.77. The standard InChI is InChI=1S/C24H28N4O/c1-27-13-19-14-28(15-21(19)23(27)16-7-9-20(29-2)10-8-16)24-18(12-25)11-17-5-3-4-6-22(17)26-24/h7-11,19,21,23H,3-6,13-15H2,1-2H3/t19-,21+,23-/m0/s1. The van der Waals surface area contributed by atoms with Crippen LogP contribution < -0.4 is 9.64 Å². The topological polar surface area (TPSA) is 52.4 Å². The zero-order valence-electron chi connectivity index (χ0n) is 17.3. The molecule has 5 rings (SSSR count). The van der Waals surface area contributed by atoms with Crippen molar-refractivity contribution in [1.82, 2.24) is 9.88 Å². The second kappa shape index (κ2) is 7.35. The minimum Gasteiger partial charge on any atom is -0.497 e. The van der Waals surface area contributed by atoms with Crippen LogP contribution in [0.3, 0.4) is 0 Å². The molecule has 1 aliphatic carbocycles. The molecule has 0 spiro atoms. The van der Waals surface area contributed by atoms with Gasteiger partial charge in [-0.05, 0) is 68.0 Å². The molecule has 0 unspecified atom stereocenters. The highest BCUT2D eigenvalue weighted by Crippen LogP contribution is 2.45. The van der Waals surface area contributed by atoms with Crippen LogP contribution in [0.25, 0.3) is 0 Å². The largest absolute Gasteiger partial charge is 0.497 e. The van der Waals surface area contributed by atoms with Crippen LogP contribution in [0.1, 0.15) is 41.3 Å². The maximum atomic E-state index is 9.77. The van der Waals surface area contributed by atoms with E-state index in [0.29, 0.717) is 17.9 Å². The number of methoxy groups -OCH3 is 1. The van der Waals surface area contributed by atoms with E-state index in [1.165, 1.54) is 29.7 Å². The Labute approximate surface area is 172 Å². The Hall–Kier alpha value is -2.58. The van der Waals surface area contributed by atoms with E-state index in [0.717, 1.165) is 49.6 Å². The fraction of sp³-hybridized carbons (Fsp3) is 0.500. The molecule has 150 valence electrons. The van der Waals surface area contributed by atoms with Gasteiger partial charge in [0.1, 0.15) is 17.6 Å². The number of nitrogens with zero attached hydrogens (tertiary/aromatic N) is 4. The van der Waals surface area contributed by atoms with Crippen LogP contribution in [0.2, 0.25) is 0 Å². The van der Waals surface area contributed by atoms with Crippen molar-refractivity contribution in [2.24, 2.45) is 11.8 Å². The molecule has 2 aliphatic heterocycles. The van der Waals surface area contributed by atoms with Crippen molar-refractivity contribution in [3.8, 4) is 11.8 Å². The van der Waals surface area contributed by atoms with Crippen molar-refractivity contribution in [2.75, 3.05) is 38.7 Å². The predicted octanol–water partition coefficient (Wildman–Crippen LogP) is 3.58. The van der Waals surface area contributed by atoms with Gasteiger partial charge in [0.15, 0.2) is 0 Å². The molecule has 5 nitrogen and oxygen atoms in total. The quantitative estimate of drug-likeness (QED) is 0.804. The minimum absolute atomic E-state index is 0.402. The molecule has 3 heterocycles. The van der Waals surface area contributed by atoms with Crippen LogP contribution in [-0.4, -0.2) is 43.7 Å². The summed E-state index contributed by atoms with van der Waals surface area (Å²) in [5.74, 6) is 2.98. The van der Waals surface area contributed by atoms with Crippen molar-refractivity contribution in [3.63, 3.8) is 0 Å². The number of aryl methyl sites for hydroxylation is 2. The first-order valence-corrected chi connectivity index (χ1v) is 10.7. The van der Waals surface area contributed by atoms with Crippen molar-refractivity contribution in [1.29, 1.82) is 5.26 Å². The van der Waals surface area contributed by atoms with E-state index < -0.39 is 0 Å². The fourth-order valence-corrected chi connectivity index (χ4v) is 5.68. The lowest BCUT2D eigenvalue weighted by molar-refractivity contribution is 0.279. The van der Waals surface area contributed by atoms with E-state index in [1.54, 1.807) is 7.11 Å². The summed E-state index contributed by atoms with van der Waals surface area (Å²) in [5, 5.41) is 9.77. The number of rotatable bonds is 3. The first-order chi connectivity index (χ1) is 14.2. The number of aromatic nitrogens is 1. The Morgan fingerprint density at radius 2 is 1.90 bits per heavy atom. The van der Waals surface area contributed by atoms with Gasteiger partial charge in [0, 0.05) is 37.3 Å². The summed E-state index contributed by atoms with van der Waals surface area (Å²) in [5.41, 5.74) is 4.60. The Bertz CT molecular complexity index is 949. The Morgan fingerprint density at radius 1 is 1.10 bits per heavy atom. The number of hydrogen-bond acceptors (Lipinski definition) is 5. The highest BCUT2D eigenvalue weighted by atomic mass is 16.5. The molecule has 2 aromatic rings. The highest BCUT2D eigenvalue weighted by molar-refractivity contribution is 5.57. The van der Waals surface area contributed by atoms with Gasteiger partial charge in [0.2, 0.25) is 0 Å². The van der Waals surface area contributed by atoms with E-state index in [9.17, 15) is 5.26 Å². The SMILES string of the molecule is COc1ccc([C@H]2[C@@H]3CN(c4nc5c(cc4C#N)CCCC5)C[C@@H]3CN2C)cc1. The lowest BCUT2D eigenvalue weighted by Crippen LogP contribution is -2.30. The number of benzene rings is 1. The average Bonchev–Trinajstić information content (AvgIpc) is 3.29.